The number of benzene rings is 1. The molecule has 1 aliphatic rings. The third-order valence-corrected chi connectivity index (χ3v) is 3.67. The van der Waals surface area contributed by atoms with E-state index in [4.69, 9.17) is 0 Å². The van der Waals surface area contributed by atoms with Crippen LogP contribution in [0.3, 0.4) is 0 Å². The zero-order valence-corrected chi connectivity index (χ0v) is 12.1. The number of nitrogens with zero attached hydrogens (tertiary/aromatic N) is 2. The maximum absolute atomic E-state index is 13.8. The smallest absolute Gasteiger partial charge is 0.223 e. The van der Waals surface area contributed by atoms with Gasteiger partial charge >= 0.3 is 0 Å². The van der Waals surface area contributed by atoms with Crippen LogP contribution in [0.15, 0.2) is 36.5 Å². The largest absolute Gasteiger partial charge is 0.356 e. The van der Waals surface area contributed by atoms with Crippen LogP contribution in [-0.2, 0) is 4.79 Å². The van der Waals surface area contributed by atoms with Crippen molar-refractivity contribution in [2.75, 3.05) is 11.9 Å². The number of carbonyl (C=O) groups is 1. The Morgan fingerprint density at radius 1 is 1.23 bits per heavy atom. The van der Waals surface area contributed by atoms with Crippen molar-refractivity contribution in [2.24, 2.45) is 0 Å². The third-order valence-electron chi connectivity index (χ3n) is 3.67. The van der Waals surface area contributed by atoms with Gasteiger partial charge < -0.3 is 10.6 Å². The fourth-order valence-corrected chi connectivity index (χ4v) is 2.50. The van der Waals surface area contributed by atoms with E-state index >= 15 is 0 Å². The van der Waals surface area contributed by atoms with E-state index in [0.717, 1.165) is 12.8 Å². The minimum absolute atomic E-state index is 0.0744. The second-order valence-corrected chi connectivity index (χ2v) is 5.26. The van der Waals surface area contributed by atoms with Crippen molar-refractivity contribution >= 4 is 11.9 Å². The van der Waals surface area contributed by atoms with E-state index in [1.165, 1.54) is 6.07 Å². The predicted molar refractivity (Wildman–Crippen MR) is 81.7 cm³/mol. The lowest BCUT2D eigenvalue weighted by atomic mass is 10.1. The Labute approximate surface area is 128 Å². The molecule has 0 aliphatic carbocycles. The molecule has 1 amide bonds. The first kappa shape index (κ1) is 14.4. The van der Waals surface area contributed by atoms with E-state index in [-0.39, 0.29) is 17.8 Å². The molecule has 2 N–H and O–H groups in total. The molecule has 1 atom stereocenters. The molecule has 1 aromatic heterocycles. The van der Waals surface area contributed by atoms with Crippen molar-refractivity contribution in [3.8, 4) is 11.3 Å². The second kappa shape index (κ2) is 6.51. The van der Waals surface area contributed by atoms with Crippen LogP contribution >= 0.6 is 0 Å². The van der Waals surface area contributed by atoms with Gasteiger partial charge in [0.05, 0.1) is 5.69 Å². The number of halogens is 1. The average molecular weight is 300 g/mol. The molecule has 22 heavy (non-hydrogen) atoms. The molecule has 1 aliphatic heterocycles. The molecule has 0 radical (unpaired) electrons. The highest BCUT2D eigenvalue weighted by atomic mass is 19.1. The summed E-state index contributed by atoms with van der Waals surface area (Å²) in [6.07, 6.45) is 3.65. The molecule has 0 saturated carbocycles. The number of aromatic nitrogens is 2. The number of rotatable bonds is 3. The molecule has 5 nitrogen and oxygen atoms in total. The number of hydrogen-bond acceptors (Lipinski definition) is 4. The molecule has 6 heteroatoms. The standard InChI is InChI=1S/C16H17FN4O/c17-13-4-2-1-3-12(13)14-8-10-19-16(21-14)20-11-5-6-15(22)18-9-7-11/h1-4,8,10-11H,5-7,9H2,(H,18,22)(H,19,20,21). The summed E-state index contributed by atoms with van der Waals surface area (Å²) in [5.41, 5.74) is 0.990. The highest BCUT2D eigenvalue weighted by Crippen LogP contribution is 2.21. The van der Waals surface area contributed by atoms with Crippen LogP contribution in [0, 0.1) is 5.82 Å². The van der Waals surface area contributed by atoms with E-state index < -0.39 is 0 Å². The van der Waals surface area contributed by atoms with Crippen LogP contribution in [0.25, 0.3) is 11.3 Å². The van der Waals surface area contributed by atoms with Crippen molar-refractivity contribution in [1.29, 1.82) is 0 Å². The summed E-state index contributed by atoms with van der Waals surface area (Å²) in [6.45, 7) is 0.642. The fourth-order valence-electron chi connectivity index (χ4n) is 2.50. The Hall–Kier alpha value is -2.50. The molecular formula is C16H17FN4O. The zero-order chi connectivity index (χ0) is 15.4. The van der Waals surface area contributed by atoms with Crippen LogP contribution < -0.4 is 10.6 Å². The Bertz CT molecular complexity index is 677. The summed E-state index contributed by atoms with van der Waals surface area (Å²) in [6, 6.07) is 8.34. The van der Waals surface area contributed by atoms with E-state index in [0.29, 0.717) is 30.2 Å². The number of nitrogens with one attached hydrogen (secondary N) is 2. The molecule has 0 bridgehead atoms. The third kappa shape index (κ3) is 3.39. The first-order chi connectivity index (χ1) is 10.7. The van der Waals surface area contributed by atoms with Crippen molar-refractivity contribution in [3.05, 3.63) is 42.3 Å². The minimum Gasteiger partial charge on any atom is -0.356 e. The molecular weight excluding hydrogens is 283 g/mol. The topological polar surface area (TPSA) is 66.9 Å². The summed E-state index contributed by atoms with van der Waals surface area (Å²) in [4.78, 5) is 19.9. The Morgan fingerprint density at radius 3 is 2.95 bits per heavy atom. The van der Waals surface area contributed by atoms with Gasteiger partial charge in [-0.15, -0.1) is 0 Å². The molecule has 3 rings (SSSR count). The molecule has 114 valence electrons. The van der Waals surface area contributed by atoms with Gasteiger partial charge in [0.25, 0.3) is 0 Å². The number of amides is 1. The van der Waals surface area contributed by atoms with Crippen LogP contribution in [0.1, 0.15) is 19.3 Å². The Kier molecular flexibility index (Phi) is 4.27. The zero-order valence-electron chi connectivity index (χ0n) is 12.1. The molecule has 2 heterocycles. The lowest BCUT2D eigenvalue weighted by Gasteiger charge is -2.15. The van der Waals surface area contributed by atoms with Crippen LogP contribution in [0.2, 0.25) is 0 Å². The molecule has 2 aromatic rings. The summed E-state index contributed by atoms with van der Waals surface area (Å²) in [5.74, 6) is 0.224. The first-order valence-electron chi connectivity index (χ1n) is 7.33. The molecule has 0 spiro atoms. The maximum atomic E-state index is 13.8. The second-order valence-electron chi connectivity index (χ2n) is 5.26. The summed E-state index contributed by atoms with van der Waals surface area (Å²) in [7, 11) is 0. The van der Waals surface area contributed by atoms with Gasteiger partial charge in [-0.1, -0.05) is 12.1 Å². The van der Waals surface area contributed by atoms with Gasteiger partial charge in [-0.25, -0.2) is 14.4 Å². The average Bonchev–Trinajstić information content (AvgIpc) is 2.73. The highest BCUT2D eigenvalue weighted by molar-refractivity contribution is 5.76. The lowest BCUT2D eigenvalue weighted by Crippen LogP contribution is -2.23. The van der Waals surface area contributed by atoms with E-state index in [1.54, 1.807) is 30.5 Å². The van der Waals surface area contributed by atoms with Gasteiger partial charge in [0.2, 0.25) is 11.9 Å². The molecule has 1 aromatic carbocycles. The van der Waals surface area contributed by atoms with Gasteiger partial charge in [-0.3, -0.25) is 4.79 Å². The monoisotopic (exact) mass is 300 g/mol. The fraction of sp³-hybridized carbons (Fsp3) is 0.312. The van der Waals surface area contributed by atoms with E-state index in [2.05, 4.69) is 20.6 Å². The quantitative estimate of drug-likeness (QED) is 0.913. The van der Waals surface area contributed by atoms with Gasteiger partial charge in [0.1, 0.15) is 5.82 Å². The summed E-state index contributed by atoms with van der Waals surface area (Å²) >= 11 is 0. The predicted octanol–water partition coefficient (Wildman–Crippen LogP) is 2.36. The minimum atomic E-state index is -0.309. The van der Waals surface area contributed by atoms with E-state index in [1.807, 2.05) is 0 Å². The molecule has 1 fully saturated rings. The van der Waals surface area contributed by atoms with Crippen molar-refractivity contribution in [2.45, 2.75) is 25.3 Å². The number of carbonyl (C=O) groups excluding carboxylic acids is 1. The summed E-state index contributed by atoms with van der Waals surface area (Å²) < 4.78 is 13.8. The normalized spacial score (nSPS) is 18.4. The first-order valence-corrected chi connectivity index (χ1v) is 7.33. The number of anilines is 1. The van der Waals surface area contributed by atoms with Gasteiger partial charge in [0.15, 0.2) is 0 Å². The van der Waals surface area contributed by atoms with Gasteiger partial charge in [0, 0.05) is 30.8 Å². The van der Waals surface area contributed by atoms with Crippen LogP contribution in [-0.4, -0.2) is 28.5 Å². The highest BCUT2D eigenvalue weighted by Gasteiger charge is 2.17. The maximum Gasteiger partial charge on any atom is 0.223 e. The van der Waals surface area contributed by atoms with Crippen LogP contribution in [0.5, 0.6) is 0 Å². The Balaban J connectivity index is 1.77. The van der Waals surface area contributed by atoms with Crippen molar-refractivity contribution in [1.82, 2.24) is 15.3 Å². The van der Waals surface area contributed by atoms with Crippen molar-refractivity contribution in [3.63, 3.8) is 0 Å². The Morgan fingerprint density at radius 2 is 2.09 bits per heavy atom. The van der Waals surface area contributed by atoms with Crippen LogP contribution in [0.4, 0.5) is 10.3 Å². The molecule has 1 saturated heterocycles. The van der Waals surface area contributed by atoms with E-state index in [9.17, 15) is 9.18 Å². The lowest BCUT2D eigenvalue weighted by molar-refractivity contribution is -0.120. The SMILES string of the molecule is O=C1CCC(Nc2nccc(-c3ccccc3F)n2)CCN1. The molecule has 1 unspecified atom stereocenters. The number of hydrogen-bond donors (Lipinski definition) is 2. The summed E-state index contributed by atoms with van der Waals surface area (Å²) in [5, 5.41) is 6.07. The van der Waals surface area contributed by atoms with Gasteiger partial charge in [-0.2, -0.15) is 0 Å². The van der Waals surface area contributed by atoms with Gasteiger partial charge in [-0.05, 0) is 31.0 Å². The van der Waals surface area contributed by atoms with Crippen molar-refractivity contribution < 1.29 is 9.18 Å².